The predicted molar refractivity (Wildman–Crippen MR) is 48.4 cm³/mol. The van der Waals surface area contributed by atoms with Crippen LogP contribution in [-0.2, 0) is 0 Å². The molecule has 0 aromatic heterocycles. The standard InChI is InChI=1S/C7H18N2S/c1-4-5-6(2)7(3)9-10-8/h6-7,9H,4-5,8H2,1-3H3/t6-,7-/m1/s1. The molecule has 0 aliphatic rings. The Hall–Kier alpha value is 0.270. The fourth-order valence-electron chi connectivity index (χ4n) is 0.929. The summed E-state index contributed by atoms with van der Waals surface area (Å²) in [6.45, 7) is 6.62. The van der Waals surface area contributed by atoms with E-state index in [4.69, 9.17) is 5.14 Å². The molecule has 2 atom stereocenters. The van der Waals surface area contributed by atoms with Gasteiger partial charge < -0.3 is 0 Å². The molecule has 0 unspecified atom stereocenters. The maximum absolute atomic E-state index is 5.27. The van der Waals surface area contributed by atoms with Crippen LogP contribution in [0.1, 0.15) is 33.6 Å². The van der Waals surface area contributed by atoms with Gasteiger partial charge >= 0.3 is 0 Å². The minimum atomic E-state index is 0.523. The zero-order valence-electron chi connectivity index (χ0n) is 7.05. The van der Waals surface area contributed by atoms with Gasteiger partial charge in [-0.2, -0.15) is 0 Å². The molecule has 0 rings (SSSR count). The molecule has 3 heteroatoms. The van der Waals surface area contributed by atoms with E-state index in [1.807, 2.05) is 0 Å². The van der Waals surface area contributed by atoms with E-state index in [0.29, 0.717) is 6.04 Å². The molecule has 0 aromatic rings. The maximum Gasteiger partial charge on any atom is 0.0181 e. The van der Waals surface area contributed by atoms with E-state index < -0.39 is 0 Å². The van der Waals surface area contributed by atoms with Crippen LogP contribution in [0.2, 0.25) is 0 Å². The average molecular weight is 162 g/mol. The minimum absolute atomic E-state index is 0.523. The second-order valence-corrected chi connectivity index (χ2v) is 3.26. The monoisotopic (exact) mass is 162 g/mol. The van der Waals surface area contributed by atoms with Crippen molar-refractivity contribution in [2.75, 3.05) is 0 Å². The lowest BCUT2D eigenvalue weighted by atomic mass is 9.99. The molecule has 0 aliphatic carbocycles. The Labute approximate surface area is 68.2 Å². The highest BCUT2D eigenvalue weighted by Gasteiger charge is 2.08. The Morgan fingerprint density at radius 1 is 1.50 bits per heavy atom. The molecule has 2 nitrogen and oxygen atoms in total. The van der Waals surface area contributed by atoms with Crippen molar-refractivity contribution in [3.8, 4) is 0 Å². The molecule has 0 radical (unpaired) electrons. The summed E-state index contributed by atoms with van der Waals surface area (Å²) in [6, 6.07) is 0.523. The Balaban J connectivity index is 3.38. The summed E-state index contributed by atoms with van der Waals surface area (Å²) in [5.41, 5.74) is 0. The Morgan fingerprint density at radius 3 is 2.50 bits per heavy atom. The van der Waals surface area contributed by atoms with Gasteiger partial charge in [0.25, 0.3) is 0 Å². The molecule has 0 bridgehead atoms. The topological polar surface area (TPSA) is 38.0 Å². The molecule has 0 saturated heterocycles. The number of rotatable bonds is 5. The van der Waals surface area contributed by atoms with Crippen LogP contribution in [0.5, 0.6) is 0 Å². The molecule has 0 heterocycles. The van der Waals surface area contributed by atoms with Crippen LogP contribution in [0.3, 0.4) is 0 Å². The van der Waals surface area contributed by atoms with Crippen LogP contribution in [0.25, 0.3) is 0 Å². The van der Waals surface area contributed by atoms with Gasteiger partial charge in [-0.05, 0) is 19.3 Å². The summed E-state index contributed by atoms with van der Waals surface area (Å²) in [4.78, 5) is 0. The van der Waals surface area contributed by atoms with Crippen LogP contribution < -0.4 is 9.86 Å². The largest absolute Gasteiger partial charge is 0.264 e. The maximum atomic E-state index is 5.27. The third-order valence-electron chi connectivity index (χ3n) is 1.85. The lowest BCUT2D eigenvalue weighted by molar-refractivity contribution is 0.427. The minimum Gasteiger partial charge on any atom is -0.264 e. The third-order valence-corrected chi connectivity index (χ3v) is 2.36. The van der Waals surface area contributed by atoms with Crippen molar-refractivity contribution < 1.29 is 0 Å². The lowest BCUT2D eigenvalue weighted by Crippen LogP contribution is -2.27. The van der Waals surface area contributed by atoms with Gasteiger partial charge in [0, 0.05) is 18.2 Å². The fourth-order valence-corrected chi connectivity index (χ4v) is 1.38. The highest BCUT2D eigenvalue weighted by Crippen LogP contribution is 2.10. The molecule has 0 amide bonds. The highest BCUT2D eigenvalue weighted by atomic mass is 32.2. The Morgan fingerprint density at radius 2 is 2.10 bits per heavy atom. The summed E-state index contributed by atoms with van der Waals surface area (Å²) < 4.78 is 3.12. The third kappa shape index (κ3) is 4.14. The lowest BCUT2D eigenvalue weighted by Gasteiger charge is -2.18. The summed E-state index contributed by atoms with van der Waals surface area (Å²) in [5, 5.41) is 5.27. The number of hydrogen-bond acceptors (Lipinski definition) is 3. The van der Waals surface area contributed by atoms with Gasteiger partial charge in [0.2, 0.25) is 0 Å². The second kappa shape index (κ2) is 6.01. The van der Waals surface area contributed by atoms with Gasteiger partial charge in [-0.3, -0.25) is 5.14 Å². The number of nitrogens with two attached hydrogens (primary N) is 1. The van der Waals surface area contributed by atoms with E-state index in [1.165, 1.54) is 25.0 Å². The van der Waals surface area contributed by atoms with E-state index in [2.05, 4.69) is 25.5 Å². The zero-order valence-corrected chi connectivity index (χ0v) is 7.87. The molecule has 0 saturated carbocycles. The van der Waals surface area contributed by atoms with Gasteiger partial charge in [0.05, 0.1) is 0 Å². The smallest absolute Gasteiger partial charge is 0.0181 e. The van der Waals surface area contributed by atoms with Crippen LogP contribution >= 0.6 is 12.1 Å². The van der Waals surface area contributed by atoms with E-state index in [9.17, 15) is 0 Å². The quantitative estimate of drug-likeness (QED) is 0.607. The average Bonchev–Trinajstić information content (AvgIpc) is 1.89. The fraction of sp³-hybridized carbons (Fsp3) is 1.00. The number of nitrogens with one attached hydrogen (secondary N) is 1. The Bertz CT molecular complexity index is 68.0. The van der Waals surface area contributed by atoms with E-state index >= 15 is 0 Å². The van der Waals surface area contributed by atoms with Crippen molar-refractivity contribution in [3.63, 3.8) is 0 Å². The van der Waals surface area contributed by atoms with Crippen molar-refractivity contribution in [2.45, 2.75) is 39.7 Å². The molecule has 0 fully saturated rings. The first kappa shape index (κ1) is 10.3. The molecular formula is C7H18N2S. The molecule has 62 valence electrons. The molecule has 3 N–H and O–H groups in total. The number of hydrogen-bond donors (Lipinski definition) is 2. The zero-order chi connectivity index (χ0) is 7.98. The van der Waals surface area contributed by atoms with Crippen LogP contribution in [0, 0.1) is 5.92 Å². The van der Waals surface area contributed by atoms with E-state index in [1.54, 1.807) is 0 Å². The van der Waals surface area contributed by atoms with Crippen LogP contribution in [0.15, 0.2) is 0 Å². The Kier molecular flexibility index (Phi) is 6.17. The van der Waals surface area contributed by atoms with Crippen LogP contribution in [0.4, 0.5) is 0 Å². The summed E-state index contributed by atoms with van der Waals surface area (Å²) >= 11 is 1.21. The molecule has 0 aromatic carbocycles. The summed E-state index contributed by atoms with van der Waals surface area (Å²) in [5.74, 6) is 0.723. The highest BCUT2D eigenvalue weighted by molar-refractivity contribution is 7.95. The molecular weight excluding hydrogens is 144 g/mol. The van der Waals surface area contributed by atoms with Gasteiger partial charge in [-0.15, -0.1) is 0 Å². The predicted octanol–water partition coefficient (Wildman–Crippen LogP) is 1.92. The van der Waals surface area contributed by atoms with Gasteiger partial charge in [-0.25, -0.2) is 4.72 Å². The first-order valence-electron chi connectivity index (χ1n) is 3.83. The van der Waals surface area contributed by atoms with Gasteiger partial charge in [0.1, 0.15) is 0 Å². The van der Waals surface area contributed by atoms with Crippen molar-refractivity contribution in [2.24, 2.45) is 11.1 Å². The molecule has 0 aliphatic heterocycles. The van der Waals surface area contributed by atoms with Gasteiger partial charge in [0.15, 0.2) is 0 Å². The van der Waals surface area contributed by atoms with Crippen molar-refractivity contribution in [1.29, 1.82) is 0 Å². The first-order valence-corrected chi connectivity index (χ1v) is 4.71. The van der Waals surface area contributed by atoms with Crippen molar-refractivity contribution >= 4 is 12.1 Å². The summed E-state index contributed by atoms with van der Waals surface area (Å²) in [6.07, 6.45) is 2.52. The first-order chi connectivity index (χ1) is 4.72. The van der Waals surface area contributed by atoms with E-state index in [-0.39, 0.29) is 0 Å². The second-order valence-electron chi connectivity index (χ2n) is 2.79. The van der Waals surface area contributed by atoms with Crippen LogP contribution in [-0.4, -0.2) is 6.04 Å². The molecule has 0 spiro atoms. The molecule has 10 heavy (non-hydrogen) atoms. The van der Waals surface area contributed by atoms with Crippen molar-refractivity contribution in [1.82, 2.24) is 4.72 Å². The summed E-state index contributed by atoms with van der Waals surface area (Å²) in [7, 11) is 0. The normalized spacial score (nSPS) is 16.8. The van der Waals surface area contributed by atoms with E-state index in [0.717, 1.165) is 5.92 Å². The SMILES string of the molecule is CCC[C@@H](C)[C@@H](C)NSN. The van der Waals surface area contributed by atoms with Gasteiger partial charge in [-0.1, -0.05) is 20.3 Å². The van der Waals surface area contributed by atoms with Crippen molar-refractivity contribution in [3.05, 3.63) is 0 Å².